The summed E-state index contributed by atoms with van der Waals surface area (Å²) in [4.78, 5) is 17.7. The van der Waals surface area contributed by atoms with E-state index in [1.807, 2.05) is 33.9 Å². The Morgan fingerprint density at radius 3 is 2.69 bits per heavy atom. The third-order valence-corrected chi connectivity index (χ3v) is 5.83. The van der Waals surface area contributed by atoms with Gasteiger partial charge in [-0.05, 0) is 45.6 Å². The lowest BCUT2D eigenvalue weighted by molar-refractivity contribution is 0.0573. The predicted octanol–water partition coefficient (Wildman–Crippen LogP) is 2.07. The number of carbonyl (C=O) groups excluding carboxylic acids is 1. The molecule has 26 heavy (non-hydrogen) atoms. The monoisotopic (exact) mass is 357 g/mol. The van der Waals surface area contributed by atoms with Crippen molar-refractivity contribution in [2.24, 2.45) is 13.0 Å². The van der Waals surface area contributed by atoms with Crippen LogP contribution in [0.5, 0.6) is 0 Å². The topological polar surface area (TPSA) is 67.4 Å². The van der Waals surface area contributed by atoms with E-state index in [0.717, 1.165) is 49.7 Å². The fraction of sp³-hybridized carbons (Fsp3) is 0.632. The molecule has 5 rings (SSSR count). The summed E-state index contributed by atoms with van der Waals surface area (Å²) >= 11 is 0. The maximum Gasteiger partial charge on any atom is 0.272 e. The highest BCUT2D eigenvalue weighted by Gasteiger charge is 2.38. The lowest BCUT2D eigenvalue weighted by Gasteiger charge is -2.36. The van der Waals surface area contributed by atoms with Gasteiger partial charge < -0.3 is 9.42 Å². The summed E-state index contributed by atoms with van der Waals surface area (Å²) < 4.78 is 7.03. The van der Waals surface area contributed by atoms with E-state index in [9.17, 15) is 4.79 Å². The van der Waals surface area contributed by atoms with Gasteiger partial charge in [0, 0.05) is 44.8 Å². The Labute approximate surface area is 153 Å². The molecule has 3 fully saturated rings. The molecule has 7 heteroatoms. The van der Waals surface area contributed by atoms with Crippen LogP contribution in [0, 0.1) is 26.7 Å². The third kappa shape index (κ3) is 3.05. The molecule has 0 aliphatic carbocycles. The van der Waals surface area contributed by atoms with Gasteiger partial charge in [0.2, 0.25) is 0 Å². The Bertz CT molecular complexity index is 805. The number of aromatic nitrogens is 3. The van der Waals surface area contributed by atoms with E-state index in [1.165, 1.54) is 12.0 Å². The largest absolute Gasteiger partial charge is 0.361 e. The molecule has 2 aromatic rings. The Kier molecular flexibility index (Phi) is 4.34. The molecule has 3 saturated heterocycles. The molecule has 2 atom stereocenters. The number of fused-ring (bicyclic) bond motifs is 4. The van der Waals surface area contributed by atoms with Crippen LogP contribution >= 0.6 is 0 Å². The first-order valence-corrected chi connectivity index (χ1v) is 9.38. The van der Waals surface area contributed by atoms with Crippen LogP contribution in [0.4, 0.5) is 0 Å². The highest BCUT2D eigenvalue weighted by molar-refractivity contribution is 5.93. The van der Waals surface area contributed by atoms with Crippen molar-refractivity contribution in [1.29, 1.82) is 0 Å². The van der Waals surface area contributed by atoms with E-state index >= 15 is 0 Å². The number of rotatable bonds is 3. The molecule has 0 N–H and O–H groups in total. The van der Waals surface area contributed by atoms with Crippen molar-refractivity contribution in [2.75, 3.05) is 19.6 Å². The van der Waals surface area contributed by atoms with Crippen molar-refractivity contribution in [2.45, 2.75) is 46.2 Å². The molecule has 3 aliphatic heterocycles. The fourth-order valence-corrected chi connectivity index (χ4v) is 4.47. The zero-order valence-electron chi connectivity index (χ0n) is 16.0. The summed E-state index contributed by atoms with van der Waals surface area (Å²) in [5.41, 5.74) is 3.73. The van der Waals surface area contributed by atoms with Crippen LogP contribution in [-0.2, 0) is 13.6 Å². The number of aryl methyl sites for hydroxylation is 4. The van der Waals surface area contributed by atoms with Crippen LogP contribution in [0.25, 0.3) is 0 Å². The Hall–Kier alpha value is -2.15. The normalized spacial score (nSPS) is 23.5. The van der Waals surface area contributed by atoms with Gasteiger partial charge in [-0.2, -0.15) is 5.10 Å². The molecule has 0 spiro atoms. The smallest absolute Gasteiger partial charge is 0.272 e. The molecular formula is C19H27N5O2. The minimum absolute atomic E-state index is 0.113. The fourth-order valence-electron chi connectivity index (χ4n) is 4.47. The molecule has 3 aliphatic rings. The van der Waals surface area contributed by atoms with E-state index in [4.69, 9.17) is 4.52 Å². The van der Waals surface area contributed by atoms with Crippen molar-refractivity contribution in [3.63, 3.8) is 0 Å². The second-order valence-corrected chi connectivity index (χ2v) is 7.85. The molecule has 0 unspecified atom stereocenters. The first-order valence-electron chi connectivity index (χ1n) is 9.38. The molecule has 5 heterocycles. The average Bonchev–Trinajstić information content (AvgIpc) is 2.96. The third-order valence-electron chi connectivity index (χ3n) is 5.83. The van der Waals surface area contributed by atoms with Gasteiger partial charge in [0.15, 0.2) is 0 Å². The van der Waals surface area contributed by atoms with E-state index in [0.29, 0.717) is 11.6 Å². The number of amides is 1. The Morgan fingerprint density at radius 1 is 1.23 bits per heavy atom. The van der Waals surface area contributed by atoms with Crippen LogP contribution in [0.3, 0.4) is 0 Å². The molecule has 0 aromatic carbocycles. The van der Waals surface area contributed by atoms with E-state index < -0.39 is 0 Å². The molecular weight excluding hydrogens is 330 g/mol. The zero-order valence-corrected chi connectivity index (χ0v) is 16.0. The van der Waals surface area contributed by atoms with Crippen molar-refractivity contribution >= 4 is 5.91 Å². The minimum atomic E-state index is 0.113. The van der Waals surface area contributed by atoms with Crippen molar-refractivity contribution in [3.05, 3.63) is 34.5 Å². The van der Waals surface area contributed by atoms with Gasteiger partial charge in [0.05, 0.1) is 11.4 Å². The van der Waals surface area contributed by atoms with Crippen LogP contribution in [-0.4, -0.2) is 56.3 Å². The summed E-state index contributed by atoms with van der Waals surface area (Å²) in [6.07, 6.45) is 2.27. The van der Waals surface area contributed by atoms with Crippen molar-refractivity contribution < 1.29 is 9.32 Å². The standard InChI is InChI=1S/C19H27N5O2/c1-12-7-18(22(4)20-12)19(25)24-9-15-5-6-16(24)10-23(8-15)11-17-13(2)21-26-14(17)3/h7,15-16H,5-6,8-11H2,1-4H3/t15-,16+/m0/s1. The summed E-state index contributed by atoms with van der Waals surface area (Å²) in [6.45, 7) is 9.52. The quantitative estimate of drug-likeness (QED) is 0.841. The lowest BCUT2D eigenvalue weighted by atomic mass is 9.94. The molecule has 140 valence electrons. The summed E-state index contributed by atoms with van der Waals surface area (Å²) in [5.74, 6) is 1.53. The average molecular weight is 357 g/mol. The number of carbonyl (C=O) groups is 1. The first kappa shape index (κ1) is 17.3. The van der Waals surface area contributed by atoms with Crippen LogP contribution in [0.1, 0.15) is 46.0 Å². The second-order valence-electron chi connectivity index (χ2n) is 7.85. The zero-order chi connectivity index (χ0) is 18.4. The molecule has 0 radical (unpaired) electrons. The number of piperidine rings is 1. The van der Waals surface area contributed by atoms with E-state index in [2.05, 4.69) is 20.1 Å². The predicted molar refractivity (Wildman–Crippen MR) is 96.7 cm³/mol. The highest BCUT2D eigenvalue weighted by Crippen LogP contribution is 2.30. The van der Waals surface area contributed by atoms with E-state index in [-0.39, 0.29) is 11.9 Å². The van der Waals surface area contributed by atoms with Gasteiger partial charge in [0.1, 0.15) is 11.5 Å². The second kappa shape index (κ2) is 6.54. The van der Waals surface area contributed by atoms with Crippen LogP contribution < -0.4 is 0 Å². The van der Waals surface area contributed by atoms with Crippen molar-refractivity contribution in [3.8, 4) is 0 Å². The van der Waals surface area contributed by atoms with Crippen LogP contribution in [0.15, 0.2) is 10.6 Å². The maximum absolute atomic E-state index is 13.1. The van der Waals surface area contributed by atoms with Crippen molar-refractivity contribution in [1.82, 2.24) is 24.7 Å². The van der Waals surface area contributed by atoms with Gasteiger partial charge in [0.25, 0.3) is 5.91 Å². The van der Waals surface area contributed by atoms with Gasteiger partial charge in [-0.25, -0.2) is 0 Å². The summed E-state index contributed by atoms with van der Waals surface area (Å²) in [6, 6.07) is 2.15. The van der Waals surface area contributed by atoms with Crippen LogP contribution in [0.2, 0.25) is 0 Å². The molecule has 7 nitrogen and oxygen atoms in total. The molecule has 2 aromatic heterocycles. The highest BCUT2D eigenvalue weighted by atomic mass is 16.5. The molecule has 0 saturated carbocycles. The van der Waals surface area contributed by atoms with Gasteiger partial charge >= 0.3 is 0 Å². The van der Waals surface area contributed by atoms with Gasteiger partial charge in [-0.3, -0.25) is 14.4 Å². The van der Waals surface area contributed by atoms with Gasteiger partial charge in [-0.1, -0.05) is 5.16 Å². The molecule has 2 bridgehead atoms. The maximum atomic E-state index is 13.1. The van der Waals surface area contributed by atoms with E-state index in [1.54, 1.807) is 4.68 Å². The number of hydrogen-bond acceptors (Lipinski definition) is 5. The summed E-state index contributed by atoms with van der Waals surface area (Å²) in [7, 11) is 1.85. The Balaban J connectivity index is 1.53. The Morgan fingerprint density at radius 2 is 2.04 bits per heavy atom. The number of hydrogen-bond donors (Lipinski definition) is 0. The molecule has 1 amide bonds. The first-order chi connectivity index (χ1) is 12.4. The SMILES string of the molecule is Cc1cc(C(=O)N2C[C@H]3CC[C@@H]2CN(Cc2c(C)noc2C)C3)n(C)n1. The summed E-state index contributed by atoms with van der Waals surface area (Å²) in [5, 5.41) is 8.42. The van der Waals surface area contributed by atoms with Gasteiger partial charge in [-0.15, -0.1) is 0 Å². The number of nitrogens with zero attached hydrogens (tertiary/aromatic N) is 5. The lowest BCUT2D eigenvalue weighted by Crippen LogP contribution is -2.47. The minimum Gasteiger partial charge on any atom is -0.361 e.